The van der Waals surface area contributed by atoms with Crippen molar-refractivity contribution in [2.24, 2.45) is 74.9 Å². The van der Waals surface area contributed by atoms with Crippen LogP contribution in [0.2, 0.25) is 0 Å². The average molecular weight is 723 g/mol. The molecule has 16 atom stereocenters. The van der Waals surface area contributed by atoms with Crippen molar-refractivity contribution >= 4 is 23.1 Å². The highest BCUT2D eigenvalue weighted by molar-refractivity contribution is 5.97. The zero-order valence-corrected chi connectivity index (χ0v) is 30.9. The highest BCUT2D eigenvalue weighted by Crippen LogP contribution is 2.71. The standard InChI is InChI=1S/C42H58O10/c1-38-15-26(31(47)13-21(38)4-6-25-28-8-9-29(34(50)18-43)41(28,20-45)17-33(49)36(25)38)30-14-23(46)12-22-5-7-24-27-10-11-42(52,35(51)19-44)39(27,2)16-32(48)37(24)40(22,30)3/h12-13,24-30,32-33,36-37,43-45,48-49,52H,4-11,14-20H2,1-3H3/t24-,25-,26?,27-,28-,29+,30?,32-,33-,36+,37+,38-,39-,40+,41-,42-/m0/s1. The molecule has 0 aromatic heterocycles. The number of fused-ring (bicyclic) bond motifs is 10. The van der Waals surface area contributed by atoms with Crippen LogP contribution in [-0.4, -0.2) is 91.4 Å². The SMILES string of the molecule is C[C@]12CC(C3CC(=O)C=C4CC[C@@H]5[C@H]([C@@H](O)C[C@@]6(C)[C@H]5CC[C@]6(O)C(=O)CO)[C@]43C)C(=O)C=C1CC[C@@H]1[C@@H]2[C@@H](O)C[C@@]2(CO)[C@@H](C(=O)CO)CC[C@@H]12. The highest BCUT2D eigenvalue weighted by Gasteiger charge is 2.71. The van der Waals surface area contributed by atoms with E-state index >= 15 is 0 Å². The van der Waals surface area contributed by atoms with Gasteiger partial charge in [-0.3, -0.25) is 19.2 Å². The van der Waals surface area contributed by atoms with Gasteiger partial charge in [-0.15, -0.1) is 0 Å². The van der Waals surface area contributed by atoms with Gasteiger partial charge in [0.1, 0.15) is 18.8 Å². The first-order chi connectivity index (χ1) is 24.5. The van der Waals surface area contributed by atoms with Gasteiger partial charge in [-0.25, -0.2) is 0 Å². The molecule has 0 heterocycles. The number of carbonyl (C=O) groups is 4. The van der Waals surface area contributed by atoms with Gasteiger partial charge >= 0.3 is 0 Å². The van der Waals surface area contributed by atoms with Crippen LogP contribution in [0.3, 0.4) is 0 Å². The Morgan fingerprint density at radius 3 is 2.12 bits per heavy atom. The molecule has 0 bridgehead atoms. The summed E-state index contributed by atoms with van der Waals surface area (Å²) >= 11 is 0. The van der Waals surface area contributed by atoms with Crippen LogP contribution in [0.25, 0.3) is 0 Å². The number of aliphatic hydroxyl groups is 6. The van der Waals surface area contributed by atoms with E-state index in [4.69, 9.17) is 0 Å². The summed E-state index contributed by atoms with van der Waals surface area (Å²) in [5, 5.41) is 66.5. The molecular formula is C42H58O10. The Bertz CT molecular complexity index is 1630. The molecule has 6 saturated carbocycles. The van der Waals surface area contributed by atoms with Crippen LogP contribution in [0.4, 0.5) is 0 Å². The number of hydrogen-bond donors (Lipinski definition) is 6. The summed E-state index contributed by atoms with van der Waals surface area (Å²) < 4.78 is 0. The van der Waals surface area contributed by atoms with Gasteiger partial charge in [0.2, 0.25) is 0 Å². The van der Waals surface area contributed by atoms with E-state index in [1.54, 1.807) is 12.2 Å². The fraction of sp³-hybridized carbons (Fsp3) is 0.810. The molecule has 6 fully saturated rings. The summed E-state index contributed by atoms with van der Waals surface area (Å²) in [5.74, 6) is -2.85. The fourth-order valence-electron chi connectivity index (χ4n) is 15.8. The smallest absolute Gasteiger partial charge is 0.190 e. The van der Waals surface area contributed by atoms with Gasteiger partial charge in [0.05, 0.1) is 12.2 Å². The largest absolute Gasteiger partial charge is 0.396 e. The molecule has 0 aromatic rings. The summed E-state index contributed by atoms with van der Waals surface area (Å²) in [5.41, 5.74) is -2.63. The van der Waals surface area contributed by atoms with Gasteiger partial charge in [0, 0.05) is 35.7 Å². The van der Waals surface area contributed by atoms with Crippen molar-refractivity contribution in [2.75, 3.05) is 19.8 Å². The molecule has 2 unspecified atom stereocenters. The molecule has 8 aliphatic rings. The Balaban J connectivity index is 1.15. The normalized spacial score (nSPS) is 52.3. The number of aliphatic hydroxyl groups excluding tert-OH is 5. The quantitative estimate of drug-likeness (QED) is 0.238. The molecule has 0 radical (unpaired) electrons. The maximum absolute atomic E-state index is 14.4. The molecule has 286 valence electrons. The van der Waals surface area contributed by atoms with Crippen LogP contribution in [-0.2, 0) is 19.2 Å². The molecule has 8 rings (SSSR count). The minimum absolute atomic E-state index is 0.00304. The Hall–Kier alpha value is -2.08. The van der Waals surface area contributed by atoms with Crippen molar-refractivity contribution in [3.05, 3.63) is 23.3 Å². The number of Topliss-reactive ketones (excluding diaryl/α,β-unsaturated/α-hetero) is 2. The topological polar surface area (TPSA) is 190 Å². The zero-order chi connectivity index (χ0) is 37.3. The molecule has 10 nitrogen and oxygen atoms in total. The van der Waals surface area contributed by atoms with Gasteiger partial charge in [-0.05, 0) is 135 Å². The van der Waals surface area contributed by atoms with E-state index in [1.165, 1.54) is 0 Å². The minimum atomic E-state index is -1.72. The fourth-order valence-corrected chi connectivity index (χ4v) is 15.8. The predicted molar refractivity (Wildman–Crippen MR) is 188 cm³/mol. The second kappa shape index (κ2) is 12.2. The zero-order valence-electron chi connectivity index (χ0n) is 30.9. The highest BCUT2D eigenvalue weighted by atomic mass is 16.3. The molecule has 0 saturated heterocycles. The third-order valence-corrected chi connectivity index (χ3v) is 17.9. The van der Waals surface area contributed by atoms with Crippen molar-refractivity contribution in [2.45, 2.75) is 116 Å². The first-order valence-corrected chi connectivity index (χ1v) is 20.0. The van der Waals surface area contributed by atoms with E-state index in [0.29, 0.717) is 38.5 Å². The van der Waals surface area contributed by atoms with E-state index in [0.717, 1.165) is 24.0 Å². The molecule has 52 heavy (non-hydrogen) atoms. The average Bonchev–Trinajstić information content (AvgIpc) is 3.62. The lowest BCUT2D eigenvalue weighted by Crippen LogP contribution is -2.64. The van der Waals surface area contributed by atoms with Crippen LogP contribution >= 0.6 is 0 Å². The van der Waals surface area contributed by atoms with Crippen molar-refractivity contribution < 1.29 is 49.8 Å². The van der Waals surface area contributed by atoms with Gasteiger partial charge in [0.25, 0.3) is 0 Å². The van der Waals surface area contributed by atoms with Crippen LogP contribution < -0.4 is 0 Å². The monoisotopic (exact) mass is 722 g/mol. The Kier molecular flexibility index (Phi) is 8.66. The van der Waals surface area contributed by atoms with E-state index < -0.39 is 70.3 Å². The lowest BCUT2D eigenvalue weighted by atomic mass is 9.40. The van der Waals surface area contributed by atoms with E-state index in [2.05, 4.69) is 13.8 Å². The molecule has 10 heteroatoms. The van der Waals surface area contributed by atoms with Crippen molar-refractivity contribution in [1.82, 2.24) is 0 Å². The first kappa shape index (κ1) is 36.9. The minimum Gasteiger partial charge on any atom is -0.396 e. The molecule has 0 aliphatic heterocycles. The molecule has 0 amide bonds. The van der Waals surface area contributed by atoms with Crippen LogP contribution in [0.5, 0.6) is 0 Å². The van der Waals surface area contributed by atoms with Gasteiger partial charge in [-0.1, -0.05) is 31.9 Å². The van der Waals surface area contributed by atoms with Gasteiger partial charge < -0.3 is 30.6 Å². The van der Waals surface area contributed by atoms with Gasteiger partial charge in [0.15, 0.2) is 23.1 Å². The Labute approximate surface area is 306 Å². The summed E-state index contributed by atoms with van der Waals surface area (Å²) in [6.45, 7) is 4.64. The van der Waals surface area contributed by atoms with Crippen molar-refractivity contribution in [3.63, 3.8) is 0 Å². The van der Waals surface area contributed by atoms with E-state index in [1.807, 2.05) is 6.92 Å². The van der Waals surface area contributed by atoms with Crippen LogP contribution in [0, 0.1) is 74.9 Å². The summed E-state index contributed by atoms with van der Waals surface area (Å²) in [6, 6.07) is 0. The van der Waals surface area contributed by atoms with Crippen molar-refractivity contribution in [1.29, 1.82) is 0 Å². The first-order valence-electron chi connectivity index (χ1n) is 20.0. The number of ketones is 4. The predicted octanol–water partition coefficient (Wildman–Crippen LogP) is 2.89. The van der Waals surface area contributed by atoms with Crippen molar-refractivity contribution in [3.8, 4) is 0 Å². The summed E-state index contributed by atoms with van der Waals surface area (Å²) in [4.78, 5) is 53.9. The maximum Gasteiger partial charge on any atom is 0.190 e. The third-order valence-electron chi connectivity index (χ3n) is 17.9. The second-order valence-electron chi connectivity index (χ2n) is 19.3. The van der Waals surface area contributed by atoms with Crippen LogP contribution in [0.1, 0.15) is 97.8 Å². The molecule has 0 spiro atoms. The molecule has 6 N–H and O–H groups in total. The number of hydrogen-bond acceptors (Lipinski definition) is 10. The number of carbonyl (C=O) groups excluding carboxylic acids is 4. The lowest BCUT2D eigenvalue weighted by Gasteiger charge is -2.64. The third kappa shape index (κ3) is 4.57. The van der Waals surface area contributed by atoms with Crippen LogP contribution in [0.15, 0.2) is 23.3 Å². The number of rotatable bonds is 6. The molecule has 8 aliphatic carbocycles. The number of allylic oxidation sites excluding steroid dienone is 2. The van der Waals surface area contributed by atoms with E-state index in [9.17, 15) is 49.8 Å². The lowest BCUT2D eigenvalue weighted by molar-refractivity contribution is -0.190. The summed E-state index contributed by atoms with van der Waals surface area (Å²) in [7, 11) is 0. The van der Waals surface area contributed by atoms with Gasteiger partial charge in [-0.2, -0.15) is 0 Å². The molecular weight excluding hydrogens is 664 g/mol. The Morgan fingerprint density at radius 1 is 0.769 bits per heavy atom. The molecule has 0 aromatic carbocycles. The summed E-state index contributed by atoms with van der Waals surface area (Å²) in [6.07, 6.45) is 7.87. The maximum atomic E-state index is 14.4. The second-order valence-corrected chi connectivity index (χ2v) is 19.3. The Morgan fingerprint density at radius 2 is 1.44 bits per heavy atom. The van der Waals surface area contributed by atoms with E-state index in [-0.39, 0.29) is 91.1 Å².